The minimum Gasteiger partial charge on any atom is -0.493 e. The van der Waals surface area contributed by atoms with Crippen molar-refractivity contribution in [2.75, 3.05) is 14.2 Å². The summed E-state index contributed by atoms with van der Waals surface area (Å²) >= 11 is 6.06. The highest BCUT2D eigenvalue weighted by Crippen LogP contribution is 2.37. The number of ether oxygens (including phenoxy) is 3. The van der Waals surface area contributed by atoms with E-state index in [4.69, 9.17) is 25.8 Å². The monoisotopic (exact) mass is 517 g/mol. The molecule has 0 unspecified atom stereocenters. The Hall–Kier alpha value is -4.43. The van der Waals surface area contributed by atoms with Crippen LogP contribution in [-0.4, -0.2) is 28.8 Å². The van der Waals surface area contributed by atoms with Gasteiger partial charge in [-0.3, -0.25) is 14.3 Å². The van der Waals surface area contributed by atoms with Gasteiger partial charge in [0, 0.05) is 28.9 Å². The summed E-state index contributed by atoms with van der Waals surface area (Å²) in [7, 11) is 3.07. The van der Waals surface area contributed by atoms with E-state index >= 15 is 4.39 Å². The van der Waals surface area contributed by atoms with Crippen LogP contribution >= 0.6 is 11.6 Å². The quantitative estimate of drug-likeness (QED) is 0.259. The van der Waals surface area contributed by atoms with Gasteiger partial charge in [-0.2, -0.15) is 0 Å². The van der Waals surface area contributed by atoms with Crippen LogP contribution in [0.25, 0.3) is 22.0 Å². The van der Waals surface area contributed by atoms with E-state index in [0.717, 1.165) is 5.56 Å². The number of methoxy groups -OCH3 is 2. The third-order valence-electron chi connectivity index (χ3n) is 5.81. The highest BCUT2D eigenvalue weighted by atomic mass is 35.5. The molecule has 0 aliphatic heterocycles. The zero-order valence-electron chi connectivity index (χ0n) is 19.9. The molecule has 0 spiro atoms. The molecule has 0 bridgehead atoms. The van der Waals surface area contributed by atoms with E-state index in [1.165, 1.54) is 43.4 Å². The van der Waals surface area contributed by atoms with E-state index in [9.17, 15) is 4.79 Å². The first kappa shape index (κ1) is 24.3. The minimum atomic E-state index is -0.632. The molecule has 2 heterocycles. The van der Waals surface area contributed by atoms with Crippen LogP contribution in [0.1, 0.15) is 5.56 Å². The summed E-state index contributed by atoms with van der Waals surface area (Å²) in [5, 5.41) is 1.20. The van der Waals surface area contributed by atoms with Crippen LogP contribution in [-0.2, 0) is 6.54 Å². The van der Waals surface area contributed by atoms with Gasteiger partial charge in [-0.25, -0.2) is 9.37 Å². The molecular weight excluding hydrogens is 497 g/mol. The first-order valence-corrected chi connectivity index (χ1v) is 11.6. The van der Waals surface area contributed by atoms with Crippen molar-refractivity contribution in [3.8, 4) is 34.1 Å². The molecule has 186 valence electrons. The maximum atomic E-state index is 15.2. The van der Waals surface area contributed by atoms with Crippen molar-refractivity contribution < 1.29 is 18.6 Å². The van der Waals surface area contributed by atoms with Crippen molar-refractivity contribution in [1.82, 2.24) is 14.5 Å². The summed E-state index contributed by atoms with van der Waals surface area (Å²) < 4.78 is 33.2. The van der Waals surface area contributed by atoms with Crippen molar-refractivity contribution in [2.24, 2.45) is 0 Å². The highest BCUT2D eigenvalue weighted by molar-refractivity contribution is 6.30. The topological polar surface area (TPSA) is 75.5 Å². The van der Waals surface area contributed by atoms with Gasteiger partial charge in [-0.05, 0) is 47.5 Å². The predicted octanol–water partition coefficient (Wildman–Crippen LogP) is 6.11. The molecule has 0 saturated heterocycles. The van der Waals surface area contributed by atoms with Gasteiger partial charge in [0.2, 0.25) is 0 Å². The number of nitrogens with zero attached hydrogens (tertiary/aromatic N) is 3. The Kier molecular flexibility index (Phi) is 6.74. The lowest BCUT2D eigenvalue weighted by Gasteiger charge is -2.13. The van der Waals surface area contributed by atoms with Crippen molar-refractivity contribution >= 4 is 22.5 Å². The van der Waals surface area contributed by atoms with E-state index in [1.54, 1.807) is 42.6 Å². The Morgan fingerprint density at radius 2 is 1.76 bits per heavy atom. The summed E-state index contributed by atoms with van der Waals surface area (Å²) in [5.74, 6) is 0.770. The molecule has 0 fully saturated rings. The van der Waals surface area contributed by atoms with Crippen molar-refractivity contribution in [3.63, 3.8) is 0 Å². The van der Waals surface area contributed by atoms with Gasteiger partial charge >= 0.3 is 0 Å². The fourth-order valence-corrected chi connectivity index (χ4v) is 4.21. The first-order valence-electron chi connectivity index (χ1n) is 11.2. The lowest BCUT2D eigenvalue weighted by molar-refractivity contribution is 0.355. The number of hydrogen-bond donors (Lipinski definition) is 0. The van der Waals surface area contributed by atoms with Gasteiger partial charge < -0.3 is 14.2 Å². The van der Waals surface area contributed by atoms with E-state index in [1.807, 2.05) is 12.1 Å². The largest absolute Gasteiger partial charge is 0.493 e. The number of fused-ring (bicyclic) bond motifs is 1. The first-order chi connectivity index (χ1) is 18.0. The molecule has 5 rings (SSSR count). The van der Waals surface area contributed by atoms with Crippen molar-refractivity contribution in [3.05, 3.63) is 106 Å². The average molecular weight is 518 g/mol. The summed E-state index contributed by atoms with van der Waals surface area (Å²) in [6.07, 6.45) is 4.43. The van der Waals surface area contributed by atoms with Crippen LogP contribution in [0.5, 0.6) is 23.0 Å². The second kappa shape index (κ2) is 10.3. The second-order valence-electron chi connectivity index (χ2n) is 8.15. The lowest BCUT2D eigenvalue weighted by Crippen LogP contribution is -2.22. The molecule has 0 radical (unpaired) electrons. The Balaban J connectivity index is 1.46. The van der Waals surface area contributed by atoms with E-state index in [0.29, 0.717) is 38.7 Å². The maximum Gasteiger partial charge on any atom is 0.261 e. The highest BCUT2D eigenvalue weighted by Gasteiger charge is 2.15. The molecule has 0 amide bonds. The number of benzene rings is 3. The summed E-state index contributed by atoms with van der Waals surface area (Å²) in [5.41, 5.74) is 1.80. The summed E-state index contributed by atoms with van der Waals surface area (Å²) in [6, 6.07) is 16.6. The van der Waals surface area contributed by atoms with Crippen LogP contribution in [0.4, 0.5) is 4.39 Å². The smallest absolute Gasteiger partial charge is 0.261 e. The van der Waals surface area contributed by atoms with Crippen molar-refractivity contribution in [1.29, 1.82) is 0 Å². The molecule has 5 aromatic rings. The summed E-state index contributed by atoms with van der Waals surface area (Å²) in [6.45, 7) is 0.285. The molecule has 0 N–H and O–H groups in total. The van der Waals surface area contributed by atoms with Gasteiger partial charge in [0.1, 0.15) is 5.75 Å². The van der Waals surface area contributed by atoms with Gasteiger partial charge in [0.25, 0.3) is 5.56 Å². The zero-order valence-corrected chi connectivity index (χ0v) is 20.7. The van der Waals surface area contributed by atoms with Crippen molar-refractivity contribution in [2.45, 2.75) is 6.54 Å². The second-order valence-corrected chi connectivity index (χ2v) is 8.59. The number of hydrogen-bond acceptors (Lipinski definition) is 6. The van der Waals surface area contributed by atoms with E-state index in [-0.39, 0.29) is 23.4 Å². The average Bonchev–Trinajstić information content (AvgIpc) is 2.90. The Labute approximate surface area is 216 Å². The van der Waals surface area contributed by atoms with Crippen LogP contribution in [0.3, 0.4) is 0 Å². The number of aromatic nitrogens is 3. The van der Waals surface area contributed by atoms with E-state index in [2.05, 4.69) is 9.97 Å². The molecule has 9 heteroatoms. The normalized spacial score (nSPS) is 10.9. The van der Waals surface area contributed by atoms with Crippen LogP contribution < -0.4 is 19.8 Å². The number of pyridine rings is 1. The molecule has 0 aliphatic carbocycles. The third kappa shape index (κ3) is 4.96. The zero-order chi connectivity index (χ0) is 25.9. The standard InChI is InChI=1S/C28H21ClFN3O4/c1-35-26-12-20-23(13-27(26)36-2)32-9-8-24(20)37-25-7-6-18(11-22(25)30)21-14-31-16-33(28(21)34)15-17-4-3-5-19(29)10-17/h3-14,16H,15H2,1-2H3. The van der Waals surface area contributed by atoms with Gasteiger partial charge in [-0.1, -0.05) is 29.8 Å². The molecule has 2 aromatic heterocycles. The van der Waals surface area contributed by atoms with Crippen LogP contribution in [0.15, 0.2) is 84.2 Å². The number of rotatable bonds is 7. The van der Waals surface area contributed by atoms with E-state index < -0.39 is 5.82 Å². The summed E-state index contributed by atoms with van der Waals surface area (Å²) in [4.78, 5) is 21.6. The lowest BCUT2D eigenvalue weighted by atomic mass is 10.1. The Morgan fingerprint density at radius 3 is 2.51 bits per heavy atom. The molecular formula is C28H21ClFN3O4. The molecule has 7 nitrogen and oxygen atoms in total. The Bertz CT molecular complexity index is 1670. The van der Waals surface area contributed by atoms with Gasteiger partial charge in [-0.15, -0.1) is 0 Å². The fourth-order valence-electron chi connectivity index (χ4n) is 4.00. The minimum absolute atomic E-state index is 0.00539. The van der Waals surface area contributed by atoms with Gasteiger partial charge in [0.15, 0.2) is 23.1 Å². The van der Waals surface area contributed by atoms with Crippen LogP contribution in [0, 0.1) is 5.82 Å². The maximum absolute atomic E-state index is 15.2. The molecule has 0 aliphatic rings. The van der Waals surface area contributed by atoms with Crippen LogP contribution in [0.2, 0.25) is 5.02 Å². The SMILES string of the molecule is COc1cc2nccc(Oc3ccc(-c4cncn(Cc5cccc(Cl)c5)c4=O)cc3F)c2cc1OC. The molecule has 0 saturated carbocycles. The number of halogens is 2. The van der Waals surface area contributed by atoms with Gasteiger partial charge in [0.05, 0.1) is 38.2 Å². The molecule has 37 heavy (non-hydrogen) atoms. The molecule has 0 atom stereocenters. The predicted molar refractivity (Wildman–Crippen MR) is 139 cm³/mol. The third-order valence-corrected chi connectivity index (χ3v) is 6.05. The molecule has 3 aromatic carbocycles. The Morgan fingerprint density at radius 1 is 0.946 bits per heavy atom. The fraction of sp³-hybridized carbons (Fsp3) is 0.107.